The molecule has 3 rings (SSSR count). The summed E-state index contributed by atoms with van der Waals surface area (Å²) in [4.78, 5) is 14.0. The number of hydrogen-bond donors (Lipinski definition) is 0. The highest BCUT2D eigenvalue weighted by Gasteiger charge is 2.23. The summed E-state index contributed by atoms with van der Waals surface area (Å²) in [5.41, 5.74) is 0. The Morgan fingerprint density at radius 2 is 1.46 bits per heavy atom. The Kier molecular flexibility index (Phi) is 5.36. The maximum absolute atomic E-state index is 12.3. The molecule has 0 atom stereocenters. The summed E-state index contributed by atoms with van der Waals surface area (Å²) in [6.07, 6.45) is 5.48. The van der Waals surface area contributed by atoms with Crippen molar-refractivity contribution in [2.45, 2.75) is 38.1 Å². The predicted octanol–water partition coefficient (Wildman–Crippen LogP) is 5.24. The number of amides is 1. The van der Waals surface area contributed by atoms with E-state index in [-0.39, 0.29) is 6.09 Å². The molecule has 24 heavy (non-hydrogen) atoms. The second kappa shape index (κ2) is 7.86. The molecule has 0 aromatic heterocycles. The zero-order valence-electron chi connectivity index (χ0n) is 14.0. The van der Waals surface area contributed by atoms with Crippen LogP contribution in [0.3, 0.4) is 0 Å². The SMILES string of the molecule is CN(C(=O)Oc1ccc(Oc2ccccc2)cc1)C1CCCCC1. The summed E-state index contributed by atoms with van der Waals surface area (Å²) >= 11 is 0. The Bertz CT molecular complexity index is 648. The topological polar surface area (TPSA) is 38.8 Å². The highest BCUT2D eigenvalue weighted by atomic mass is 16.6. The highest BCUT2D eigenvalue weighted by molar-refractivity contribution is 5.70. The van der Waals surface area contributed by atoms with Crippen molar-refractivity contribution in [3.8, 4) is 17.2 Å². The molecule has 0 heterocycles. The van der Waals surface area contributed by atoms with Crippen molar-refractivity contribution >= 4 is 6.09 Å². The summed E-state index contributed by atoms with van der Waals surface area (Å²) in [6, 6.07) is 17.0. The van der Waals surface area contributed by atoms with Crippen molar-refractivity contribution in [2.24, 2.45) is 0 Å². The van der Waals surface area contributed by atoms with Crippen LogP contribution in [0.15, 0.2) is 54.6 Å². The van der Waals surface area contributed by atoms with Crippen LogP contribution in [0, 0.1) is 0 Å². The Hall–Kier alpha value is -2.49. The van der Waals surface area contributed by atoms with E-state index in [2.05, 4.69) is 0 Å². The molecule has 1 aliphatic rings. The maximum Gasteiger partial charge on any atom is 0.415 e. The fourth-order valence-corrected chi connectivity index (χ4v) is 2.99. The third-order valence-corrected chi connectivity index (χ3v) is 4.42. The minimum absolute atomic E-state index is 0.293. The van der Waals surface area contributed by atoms with E-state index in [0.717, 1.165) is 18.6 Å². The first kappa shape index (κ1) is 16.4. The Labute approximate surface area is 143 Å². The second-order valence-corrected chi connectivity index (χ2v) is 6.16. The molecule has 0 aliphatic heterocycles. The van der Waals surface area contributed by atoms with Crippen LogP contribution >= 0.6 is 0 Å². The molecule has 0 spiro atoms. The molecule has 4 heteroatoms. The van der Waals surface area contributed by atoms with Gasteiger partial charge in [0.1, 0.15) is 17.2 Å². The smallest absolute Gasteiger partial charge is 0.415 e. The number of nitrogens with zero attached hydrogens (tertiary/aromatic N) is 1. The van der Waals surface area contributed by atoms with Crippen LogP contribution in [-0.4, -0.2) is 24.1 Å². The molecule has 1 aliphatic carbocycles. The van der Waals surface area contributed by atoms with Gasteiger partial charge in [0.2, 0.25) is 0 Å². The van der Waals surface area contributed by atoms with Gasteiger partial charge in [0.25, 0.3) is 0 Å². The normalized spacial score (nSPS) is 14.9. The second-order valence-electron chi connectivity index (χ2n) is 6.16. The number of benzene rings is 2. The maximum atomic E-state index is 12.3. The van der Waals surface area contributed by atoms with Gasteiger partial charge in [0.15, 0.2) is 0 Å². The van der Waals surface area contributed by atoms with Gasteiger partial charge in [-0.1, -0.05) is 37.5 Å². The molecule has 1 saturated carbocycles. The van der Waals surface area contributed by atoms with E-state index in [1.54, 1.807) is 29.2 Å². The Morgan fingerprint density at radius 1 is 0.875 bits per heavy atom. The van der Waals surface area contributed by atoms with Crippen LogP contribution in [0.25, 0.3) is 0 Å². The van der Waals surface area contributed by atoms with E-state index in [4.69, 9.17) is 9.47 Å². The van der Waals surface area contributed by atoms with Gasteiger partial charge in [-0.3, -0.25) is 0 Å². The fraction of sp³-hybridized carbons (Fsp3) is 0.350. The van der Waals surface area contributed by atoms with Crippen molar-refractivity contribution in [3.05, 3.63) is 54.6 Å². The third-order valence-electron chi connectivity index (χ3n) is 4.42. The average Bonchev–Trinajstić information content (AvgIpc) is 2.64. The van der Waals surface area contributed by atoms with Gasteiger partial charge in [-0.05, 0) is 49.2 Å². The Morgan fingerprint density at radius 3 is 2.12 bits per heavy atom. The molecule has 0 unspecified atom stereocenters. The lowest BCUT2D eigenvalue weighted by Gasteiger charge is -2.30. The van der Waals surface area contributed by atoms with Gasteiger partial charge in [0, 0.05) is 13.1 Å². The number of para-hydroxylation sites is 1. The number of ether oxygens (including phenoxy) is 2. The molecule has 4 nitrogen and oxygen atoms in total. The molecule has 1 amide bonds. The average molecular weight is 325 g/mol. The number of carbonyl (C=O) groups is 1. The van der Waals surface area contributed by atoms with Gasteiger partial charge < -0.3 is 14.4 Å². The molecule has 2 aromatic carbocycles. The van der Waals surface area contributed by atoms with Crippen molar-refractivity contribution in [1.82, 2.24) is 4.90 Å². The molecule has 0 saturated heterocycles. The molecule has 0 radical (unpaired) electrons. The van der Waals surface area contributed by atoms with Crippen LogP contribution in [0.2, 0.25) is 0 Å². The monoisotopic (exact) mass is 325 g/mol. The van der Waals surface area contributed by atoms with E-state index in [1.807, 2.05) is 37.4 Å². The van der Waals surface area contributed by atoms with Crippen molar-refractivity contribution in [3.63, 3.8) is 0 Å². The van der Waals surface area contributed by atoms with Crippen molar-refractivity contribution in [2.75, 3.05) is 7.05 Å². The predicted molar refractivity (Wildman–Crippen MR) is 93.6 cm³/mol. The lowest BCUT2D eigenvalue weighted by molar-refractivity contribution is 0.133. The Balaban J connectivity index is 1.56. The van der Waals surface area contributed by atoms with Gasteiger partial charge in [0.05, 0.1) is 0 Å². The molecule has 2 aromatic rings. The highest BCUT2D eigenvalue weighted by Crippen LogP contribution is 2.25. The summed E-state index contributed by atoms with van der Waals surface area (Å²) in [5.74, 6) is 2.02. The van der Waals surface area contributed by atoms with Gasteiger partial charge in [-0.25, -0.2) is 4.79 Å². The van der Waals surface area contributed by atoms with Gasteiger partial charge >= 0.3 is 6.09 Å². The molecule has 1 fully saturated rings. The molecular formula is C20H23NO3. The van der Waals surface area contributed by atoms with Crippen LogP contribution in [0.4, 0.5) is 4.79 Å². The van der Waals surface area contributed by atoms with E-state index < -0.39 is 0 Å². The first-order chi connectivity index (χ1) is 11.7. The quantitative estimate of drug-likeness (QED) is 0.771. The summed E-state index contributed by atoms with van der Waals surface area (Å²) in [7, 11) is 1.82. The zero-order chi connectivity index (χ0) is 16.8. The van der Waals surface area contributed by atoms with E-state index in [1.165, 1.54) is 19.3 Å². The molecule has 0 N–H and O–H groups in total. The van der Waals surface area contributed by atoms with E-state index in [0.29, 0.717) is 17.5 Å². The van der Waals surface area contributed by atoms with Gasteiger partial charge in [-0.15, -0.1) is 0 Å². The van der Waals surface area contributed by atoms with Crippen LogP contribution in [0.5, 0.6) is 17.2 Å². The van der Waals surface area contributed by atoms with E-state index >= 15 is 0 Å². The van der Waals surface area contributed by atoms with Crippen molar-refractivity contribution in [1.29, 1.82) is 0 Å². The first-order valence-corrected chi connectivity index (χ1v) is 8.50. The number of hydrogen-bond acceptors (Lipinski definition) is 3. The third kappa shape index (κ3) is 4.28. The molecular weight excluding hydrogens is 302 g/mol. The lowest BCUT2D eigenvalue weighted by Crippen LogP contribution is -2.39. The lowest BCUT2D eigenvalue weighted by atomic mass is 9.95. The summed E-state index contributed by atoms with van der Waals surface area (Å²) < 4.78 is 11.2. The van der Waals surface area contributed by atoms with Gasteiger partial charge in [-0.2, -0.15) is 0 Å². The molecule has 0 bridgehead atoms. The standard InChI is InChI=1S/C20H23NO3/c1-21(16-8-4-2-5-9-16)20(22)24-19-14-12-18(13-15-19)23-17-10-6-3-7-11-17/h3,6-7,10-16H,2,4-5,8-9H2,1H3. The fourth-order valence-electron chi connectivity index (χ4n) is 2.99. The minimum Gasteiger partial charge on any atom is -0.457 e. The summed E-state index contributed by atoms with van der Waals surface area (Å²) in [6.45, 7) is 0. The van der Waals surface area contributed by atoms with Crippen molar-refractivity contribution < 1.29 is 14.3 Å². The minimum atomic E-state index is -0.293. The van der Waals surface area contributed by atoms with E-state index in [9.17, 15) is 4.79 Å². The largest absolute Gasteiger partial charge is 0.457 e. The number of carbonyl (C=O) groups excluding carboxylic acids is 1. The zero-order valence-corrected chi connectivity index (χ0v) is 14.0. The summed E-state index contributed by atoms with van der Waals surface area (Å²) in [5, 5.41) is 0. The van der Waals surface area contributed by atoms with Crippen LogP contribution in [0.1, 0.15) is 32.1 Å². The van der Waals surface area contributed by atoms with Crippen LogP contribution in [-0.2, 0) is 0 Å². The molecule has 126 valence electrons. The number of rotatable bonds is 4. The first-order valence-electron chi connectivity index (χ1n) is 8.50. The van der Waals surface area contributed by atoms with Crippen LogP contribution < -0.4 is 9.47 Å².